The molecule has 49 heavy (non-hydrogen) atoms. The predicted octanol–water partition coefficient (Wildman–Crippen LogP) is 3.69. The number of carbonyl (C=O) groups excluding carboxylic acids is 4. The van der Waals surface area contributed by atoms with Gasteiger partial charge in [0.05, 0.1) is 23.6 Å². The van der Waals surface area contributed by atoms with Gasteiger partial charge in [-0.25, -0.2) is 4.98 Å². The molecule has 4 aliphatic rings. The Hall–Kier alpha value is -2.64. The smallest absolute Gasteiger partial charge is 1.00 e. The number of rotatable bonds is 0. The summed E-state index contributed by atoms with van der Waals surface area (Å²) in [6.07, 6.45) is 15.6. The van der Waals surface area contributed by atoms with Gasteiger partial charge in [-0.05, 0) is 75.6 Å². The second kappa shape index (κ2) is 33.8. The molecule has 18 heteroatoms. The normalized spacial score (nSPS) is 14.4. The number of amides is 4. The van der Waals surface area contributed by atoms with Crippen LogP contribution in [0.1, 0.15) is 51.4 Å². The molecule has 4 saturated heterocycles. The molecule has 0 saturated carbocycles. The Bertz CT molecular complexity index is 1090. The minimum atomic E-state index is -0.0648. The Morgan fingerprint density at radius 1 is 0.429 bits per heavy atom. The SMILES string of the molecule is O=C1CCC(=S)[N-]1.O=C1CCC(=S)[N-]1.O=C1CCC(=S)[N-]1.O=C1CCC(=S)[N-]1.[Cl-].[Mo+2].[Mo+2].c1cc[nH+]cc1.c1ccncc1.c1ccncc1. The van der Waals surface area contributed by atoms with Gasteiger partial charge in [0.1, 0.15) is 0 Å². The first-order valence-electron chi connectivity index (χ1n) is 13.9. The van der Waals surface area contributed by atoms with Gasteiger partial charge in [-0.15, -0.1) is 48.9 Å². The third kappa shape index (κ3) is 32.3. The van der Waals surface area contributed by atoms with Crippen molar-refractivity contribution in [3.05, 3.63) is 113 Å². The summed E-state index contributed by atoms with van der Waals surface area (Å²) in [5, 5.41) is 13.9. The van der Waals surface area contributed by atoms with E-state index in [4.69, 9.17) is 0 Å². The van der Waals surface area contributed by atoms with Crippen LogP contribution in [-0.4, -0.2) is 53.6 Å². The van der Waals surface area contributed by atoms with Gasteiger partial charge in [0.15, 0.2) is 12.4 Å². The van der Waals surface area contributed by atoms with Crippen molar-refractivity contribution in [3.8, 4) is 0 Å². The number of aromatic amines is 1. The zero-order valence-electron chi connectivity index (χ0n) is 26.0. The average Bonchev–Trinajstić information content (AvgIpc) is 3.87. The molecule has 0 spiro atoms. The molecule has 0 radical (unpaired) electrons. The molecule has 3 aromatic heterocycles. The maximum Gasteiger partial charge on any atom is 2.00 e. The fourth-order valence-electron chi connectivity index (χ4n) is 2.83. The fourth-order valence-corrected chi connectivity index (χ4v) is 3.64. The van der Waals surface area contributed by atoms with Crippen LogP contribution in [0.25, 0.3) is 21.3 Å². The van der Waals surface area contributed by atoms with Gasteiger partial charge < -0.3 is 52.9 Å². The van der Waals surface area contributed by atoms with E-state index in [1.807, 2.05) is 67.0 Å². The molecule has 4 amide bonds. The number of hydrogen-bond acceptors (Lipinski definition) is 10. The van der Waals surface area contributed by atoms with Gasteiger partial charge in [0.2, 0.25) is 0 Å². The van der Waals surface area contributed by atoms with E-state index >= 15 is 0 Å². The Balaban J connectivity index is -0.000000499. The molecule has 0 atom stereocenters. The minimum absolute atomic E-state index is 0. The molecule has 1 N–H and O–H groups in total. The molecule has 4 fully saturated rings. The Labute approximate surface area is 342 Å². The second-order valence-corrected chi connectivity index (χ2v) is 10.6. The summed E-state index contributed by atoms with van der Waals surface area (Å²) >= 11 is 18.4. The van der Waals surface area contributed by atoms with Crippen LogP contribution >= 0.6 is 48.9 Å². The van der Waals surface area contributed by atoms with E-state index in [2.05, 4.69) is 85.1 Å². The van der Waals surface area contributed by atoms with Crippen LogP contribution in [0.5, 0.6) is 0 Å². The monoisotopic (exact) mass is 925 g/mol. The summed E-state index contributed by atoms with van der Waals surface area (Å²) in [6, 6.07) is 17.3. The standard InChI is InChI=1S/3C5H5N.4C4H5NOS.ClH.2Mo/c3*1-2-4-6-5-3-1;4*6-3-1-2-4(7)5-3;;;/h3*1-5H;4*1-2H2,(H,5,6,7);1H;;/q;;;;;;;;2*+2/p-4. The Morgan fingerprint density at radius 3 is 0.735 bits per heavy atom. The molecule has 4 aliphatic heterocycles. The maximum absolute atomic E-state index is 10.2. The summed E-state index contributed by atoms with van der Waals surface area (Å²) < 4.78 is 0. The van der Waals surface area contributed by atoms with Gasteiger partial charge in [0.25, 0.3) is 0 Å². The molecule has 7 rings (SSSR count). The summed E-state index contributed by atoms with van der Waals surface area (Å²) in [7, 11) is 0. The van der Waals surface area contributed by atoms with Crippen molar-refractivity contribution in [1.29, 1.82) is 0 Å². The summed E-state index contributed by atoms with van der Waals surface area (Å²) in [4.78, 5) is 53.5. The van der Waals surface area contributed by atoms with Gasteiger partial charge in [0, 0.05) is 36.9 Å². The van der Waals surface area contributed by atoms with Crippen molar-refractivity contribution in [2.24, 2.45) is 0 Å². The van der Waals surface area contributed by atoms with Crippen molar-refractivity contribution in [2.75, 3.05) is 0 Å². The summed E-state index contributed by atoms with van der Waals surface area (Å²) in [5.41, 5.74) is 0. The van der Waals surface area contributed by atoms with Gasteiger partial charge in [-0.1, -0.05) is 38.2 Å². The quantitative estimate of drug-likeness (QED) is 0.240. The molecule has 258 valence electrons. The van der Waals surface area contributed by atoms with Crippen LogP contribution in [0.4, 0.5) is 0 Å². The van der Waals surface area contributed by atoms with Crippen molar-refractivity contribution < 1.29 is 78.7 Å². The average molecular weight is 922 g/mol. The third-order valence-corrected chi connectivity index (χ3v) is 6.13. The molecule has 0 aliphatic carbocycles. The number of pyridine rings is 3. The largest absolute Gasteiger partial charge is 2.00 e. The van der Waals surface area contributed by atoms with Crippen LogP contribution in [0, 0.1) is 0 Å². The number of thiocarbonyl (C=S) groups is 4. The second-order valence-electron chi connectivity index (χ2n) is 8.72. The zero-order valence-corrected chi connectivity index (χ0v) is 34.0. The first kappa shape index (κ1) is 50.7. The topological polar surface area (TPSA) is 165 Å². The number of hydrogen-bond donors (Lipinski definition) is 0. The maximum atomic E-state index is 10.2. The van der Waals surface area contributed by atoms with E-state index in [9.17, 15) is 19.2 Å². The molecule has 7 heterocycles. The van der Waals surface area contributed by atoms with Crippen molar-refractivity contribution in [2.45, 2.75) is 51.4 Å². The zero-order chi connectivity index (χ0) is 33.8. The molecule has 0 bridgehead atoms. The first-order chi connectivity index (χ1) is 22.2. The van der Waals surface area contributed by atoms with Crippen LogP contribution < -0.4 is 17.4 Å². The molecule has 11 nitrogen and oxygen atoms in total. The fraction of sp³-hybridized carbons (Fsp3) is 0.258. The van der Waals surface area contributed by atoms with Crippen LogP contribution in [0.2, 0.25) is 0 Å². The molecule has 3 aromatic rings. The van der Waals surface area contributed by atoms with Gasteiger partial charge in [-0.3, -0.25) is 9.97 Å². The van der Waals surface area contributed by atoms with E-state index in [-0.39, 0.29) is 78.2 Å². The van der Waals surface area contributed by atoms with E-state index in [0.717, 1.165) is 0 Å². The molecule has 0 unspecified atom stereocenters. The van der Waals surface area contributed by atoms with E-state index < -0.39 is 0 Å². The minimum Gasteiger partial charge on any atom is -1.00 e. The first-order valence-corrected chi connectivity index (χ1v) is 15.5. The van der Waals surface area contributed by atoms with Crippen molar-refractivity contribution in [3.63, 3.8) is 0 Å². The van der Waals surface area contributed by atoms with Crippen molar-refractivity contribution in [1.82, 2.24) is 9.97 Å². The third-order valence-electron chi connectivity index (χ3n) is 4.95. The summed E-state index contributed by atoms with van der Waals surface area (Å²) in [6.45, 7) is 0. The van der Waals surface area contributed by atoms with Crippen LogP contribution in [0.15, 0.2) is 91.8 Å². The van der Waals surface area contributed by atoms with Crippen LogP contribution in [0.3, 0.4) is 0 Å². The van der Waals surface area contributed by atoms with Crippen LogP contribution in [-0.2, 0) is 61.3 Å². The Kier molecular flexibility index (Phi) is 35.0. The van der Waals surface area contributed by atoms with E-state index in [1.54, 1.807) is 24.8 Å². The number of nitrogens with zero attached hydrogens (tertiary/aromatic N) is 6. The van der Waals surface area contributed by atoms with Crippen molar-refractivity contribution >= 4 is 92.5 Å². The van der Waals surface area contributed by atoms with Gasteiger partial charge >= 0.3 is 42.1 Å². The molecular weight excluding hydrogens is 890 g/mol. The number of carbonyl (C=O) groups is 4. The Morgan fingerprint density at radius 2 is 0.673 bits per heavy atom. The van der Waals surface area contributed by atoms with Gasteiger partial charge in [-0.2, -0.15) is 0 Å². The van der Waals surface area contributed by atoms with E-state index in [1.165, 1.54) is 0 Å². The number of aromatic nitrogens is 3. The molecule has 0 aromatic carbocycles. The summed E-state index contributed by atoms with van der Waals surface area (Å²) in [5.74, 6) is -0.259. The number of H-pyrrole nitrogens is 1. The number of halogens is 1. The van der Waals surface area contributed by atoms with E-state index in [0.29, 0.717) is 71.3 Å². The predicted molar refractivity (Wildman–Crippen MR) is 192 cm³/mol. The number of nitrogens with one attached hydrogen (secondary N) is 1. The molecular formula is C31H32ClMo2N7O4S4.